The van der Waals surface area contributed by atoms with Crippen molar-refractivity contribution in [2.45, 2.75) is 57.1 Å². The molecule has 0 fully saturated rings. The third kappa shape index (κ3) is 7.91. The van der Waals surface area contributed by atoms with Crippen molar-refractivity contribution in [3.05, 3.63) is 93.4 Å². The van der Waals surface area contributed by atoms with E-state index >= 15 is 0 Å². The highest BCUT2D eigenvalue weighted by Crippen LogP contribution is 2.31. The molecule has 0 saturated heterocycles. The zero-order valence-electron chi connectivity index (χ0n) is 22.5. The zero-order chi connectivity index (χ0) is 29.4. The van der Waals surface area contributed by atoms with Gasteiger partial charge in [0.05, 0.1) is 20.6 Å². The number of halogens is 3. The zero-order valence-corrected chi connectivity index (χ0v) is 25.6. The lowest BCUT2D eigenvalue weighted by Crippen LogP contribution is -2.53. The first-order chi connectivity index (χ1) is 19.0. The molecule has 3 aromatic rings. The Morgan fingerprint density at radius 3 is 2.10 bits per heavy atom. The number of sulfonamides is 1. The van der Waals surface area contributed by atoms with Crippen LogP contribution in [0.4, 0.5) is 5.69 Å². The summed E-state index contributed by atoms with van der Waals surface area (Å²) < 4.78 is 28.6. The first kappa shape index (κ1) is 31.7. The molecule has 40 heavy (non-hydrogen) atoms. The number of benzene rings is 3. The molecular formula is C29H32Cl3N3O4S. The molecule has 2 amide bonds. The minimum atomic E-state index is -4.20. The quantitative estimate of drug-likeness (QED) is 0.247. The number of anilines is 1. The minimum absolute atomic E-state index is 0.000297. The lowest BCUT2D eigenvalue weighted by Gasteiger charge is -2.33. The van der Waals surface area contributed by atoms with E-state index in [-0.39, 0.29) is 39.1 Å². The molecule has 0 aliphatic carbocycles. The third-order valence-corrected chi connectivity index (χ3v) is 9.23. The number of rotatable bonds is 12. The molecule has 2 atom stereocenters. The van der Waals surface area contributed by atoms with Crippen molar-refractivity contribution in [2.75, 3.05) is 10.8 Å². The summed E-state index contributed by atoms with van der Waals surface area (Å²) in [6, 6.07) is 18.1. The number of amides is 2. The van der Waals surface area contributed by atoms with Gasteiger partial charge >= 0.3 is 0 Å². The molecule has 0 heterocycles. The average molecular weight is 625 g/mol. The Morgan fingerprint density at radius 2 is 1.52 bits per heavy atom. The van der Waals surface area contributed by atoms with Gasteiger partial charge in [-0.25, -0.2) is 8.42 Å². The van der Waals surface area contributed by atoms with E-state index in [4.69, 9.17) is 34.8 Å². The summed E-state index contributed by atoms with van der Waals surface area (Å²) in [4.78, 5) is 28.8. The van der Waals surface area contributed by atoms with Gasteiger partial charge in [0.1, 0.15) is 12.6 Å². The molecule has 214 valence electrons. The highest BCUT2D eigenvalue weighted by Gasteiger charge is 2.34. The topological polar surface area (TPSA) is 86.8 Å². The maximum absolute atomic E-state index is 14.0. The van der Waals surface area contributed by atoms with E-state index in [1.807, 2.05) is 13.8 Å². The van der Waals surface area contributed by atoms with Crippen molar-refractivity contribution in [1.29, 1.82) is 0 Å². The fourth-order valence-electron chi connectivity index (χ4n) is 4.04. The molecule has 11 heteroatoms. The van der Waals surface area contributed by atoms with E-state index in [2.05, 4.69) is 5.32 Å². The summed E-state index contributed by atoms with van der Waals surface area (Å²) in [5.41, 5.74) is 0.898. The molecule has 0 aliphatic heterocycles. The van der Waals surface area contributed by atoms with Gasteiger partial charge in [0.25, 0.3) is 10.0 Å². The number of hydrogen-bond donors (Lipinski definition) is 1. The van der Waals surface area contributed by atoms with Crippen LogP contribution in [0, 0.1) is 0 Å². The predicted octanol–water partition coefficient (Wildman–Crippen LogP) is 6.56. The Labute approximate surface area is 251 Å². The summed E-state index contributed by atoms with van der Waals surface area (Å²) >= 11 is 18.4. The maximum Gasteiger partial charge on any atom is 0.264 e. The van der Waals surface area contributed by atoms with Crippen LogP contribution in [0.1, 0.15) is 39.2 Å². The standard InChI is InChI=1S/C29H32Cl3N3O4S/c1-4-20(3)33-29(37)27(5-2)34(18-21-11-13-22(30)14-12-21)28(36)19-35(23-15-16-25(31)26(32)17-23)40(38,39)24-9-7-6-8-10-24/h6-17,20,27H,4-5,18-19H2,1-3H3,(H,33,37)/t20-,27-/m0/s1. The molecule has 0 bridgehead atoms. The van der Waals surface area contributed by atoms with E-state index in [1.54, 1.807) is 49.4 Å². The Kier molecular flexibility index (Phi) is 11.3. The first-order valence-electron chi connectivity index (χ1n) is 12.8. The minimum Gasteiger partial charge on any atom is -0.352 e. The van der Waals surface area contributed by atoms with Gasteiger partial charge in [-0.2, -0.15) is 0 Å². The summed E-state index contributed by atoms with van der Waals surface area (Å²) in [7, 11) is -4.20. The van der Waals surface area contributed by atoms with Gasteiger partial charge in [-0.05, 0) is 67.8 Å². The molecule has 0 saturated carbocycles. The van der Waals surface area contributed by atoms with E-state index < -0.39 is 28.5 Å². The molecule has 0 aliphatic rings. The van der Waals surface area contributed by atoms with Gasteiger partial charge in [-0.3, -0.25) is 13.9 Å². The van der Waals surface area contributed by atoms with Crippen molar-refractivity contribution in [3.8, 4) is 0 Å². The lowest BCUT2D eigenvalue weighted by atomic mass is 10.1. The number of carbonyl (C=O) groups is 2. The highest BCUT2D eigenvalue weighted by molar-refractivity contribution is 7.92. The Hall–Kier alpha value is -2.78. The largest absolute Gasteiger partial charge is 0.352 e. The highest BCUT2D eigenvalue weighted by atomic mass is 35.5. The van der Waals surface area contributed by atoms with Crippen LogP contribution in [0.3, 0.4) is 0 Å². The van der Waals surface area contributed by atoms with Crippen LogP contribution < -0.4 is 9.62 Å². The average Bonchev–Trinajstić information content (AvgIpc) is 2.94. The molecule has 7 nitrogen and oxygen atoms in total. The fourth-order valence-corrected chi connectivity index (χ4v) is 5.88. The number of nitrogens with one attached hydrogen (secondary N) is 1. The Morgan fingerprint density at radius 1 is 0.875 bits per heavy atom. The van der Waals surface area contributed by atoms with E-state index in [0.29, 0.717) is 17.9 Å². The Bertz CT molecular complexity index is 1420. The van der Waals surface area contributed by atoms with Crippen LogP contribution in [0.5, 0.6) is 0 Å². The van der Waals surface area contributed by atoms with Gasteiger partial charge < -0.3 is 10.2 Å². The number of nitrogens with zero attached hydrogens (tertiary/aromatic N) is 2. The molecule has 1 N–H and O–H groups in total. The SMILES string of the molecule is CC[C@H](C)NC(=O)[C@H](CC)N(Cc1ccc(Cl)cc1)C(=O)CN(c1ccc(Cl)c(Cl)c1)S(=O)(=O)c1ccccc1. The molecule has 3 aromatic carbocycles. The van der Waals surface area contributed by atoms with E-state index in [1.165, 1.54) is 35.2 Å². The van der Waals surface area contributed by atoms with Crippen LogP contribution in [0.15, 0.2) is 77.7 Å². The van der Waals surface area contributed by atoms with Gasteiger partial charge in [-0.1, -0.05) is 79.0 Å². The molecule has 0 radical (unpaired) electrons. The summed E-state index contributed by atoms with van der Waals surface area (Å²) in [5.74, 6) is -0.877. The summed E-state index contributed by atoms with van der Waals surface area (Å²) in [5, 5.41) is 3.86. The second-order valence-electron chi connectivity index (χ2n) is 9.31. The van der Waals surface area contributed by atoms with Crippen LogP contribution in [-0.4, -0.2) is 43.8 Å². The predicted molar refractivity (Wildman–Crippen MR) is 161 cm³/mol. The molecule has 0 aromatic heterocycles. The Balaban J connectivity index is 2.06. The first-order valence-corrected chi connectivity index (χ1v) is 15.4. The van der Waals surface area contributed by atoms with Crippen LogP contribution in [0.25, 0.3) is 0 Å². The maximum atomic E-state index is 14.0. The van der Waals surface area contributed by atoms with Gasteiger partial charge in [0, 0.05) is 17.6 Å². The number of carbonyl (C=O) groups excluding carboxylic acids is 2. The lowest BCUT2D eigenvalue weighted by molar-refractivity contribution is -0.140. The summed E-state index contributed by atoms with van der Waals surface area (Å²) in [6.45, 7) is 5.14. The smallest absolute Gasteiger partial charge is 0.264 e. The molecule has 3 rings (SSSR count). The summed E-state index contributed by atoms with van der Waals surface area (Å²) in [6.07, 6.45) is 1.04. The normalized spacial score (nSPS) is 12.8. The monoisotopic (exact) mass is 623 g/mol. The van der Waals surface area contributed by atoms with E-state index in [0.717, 1.165) is 9.87 Å². The van der Waals surface area contributed by atoms with Crippen molar-refractivity contribution < 1.29 is 18.0 Å². The van der Waals surface area contributed by atoms with Crippen LogP contribution in [0.2, 0.25) is 15.1 Å². The number of hydrogen-bond acceptors (Lipinski definition) is 4. The molecule has 0 spiro atoms. The molecule has 0 unspecified atom stereocenters. The third-order valence-electron chi connectivity index (χ3n) is 6.45. The van der Waals surface area contributed by atoms with Crippen LogP contribution in [-0.2, 0) is 26.2 Å². The molecular weight excluding hydrogens is 593 g/mol. The van der Waals surface area contributed by atoms with Crippen molar-refractivity contribution in [2.24, 2.45) is 0 Å². The van der Waals surface area contributed by atoms with Crippen LogP contribution >= 0.6 is 34.8 Å². The van der Waals surface area contributed by atoms with Gasteiger partial charge in [0.2, 0.25) is 11.8 Å². The van der Waals surface area contributed by atoms with Crippen molar-refractivity contribution >= 4 is 62.3 Å². The van der Waals surface area contributed by atoms with Crippen molar-refractivity contribution in [1.82, 2.24) is 10.2 Å². The second kappa shape index (κ2) is 14.2. The van der Waals surface area contributed by atoms with E-state index in [9.17, 15) is 18.0 Å². The van der Waals surface area contributed by atoms with Gasteiger partial charge in [-0.15, -0.1) is 0 Å². The van der Waals surface area contributed by atoms with Crippen molar-refractivity contribution in [3.63, 3.8) is 0 Å². The second-order valence-corrected chi connectivity index (χ2v) is 12.4. The van der Waals surface area contributed by atoms with Gasteiger partial charge in [0.15, 0.2) is 0 Å². The fraction of sp³-hybridized carbons (Fsp3) is 0.310.